The largest absolute Gasteiger partial charge is 0.478 e. The van der Waals surface area contributed by atoms with Gasteiger partial charge in [-0.25, -0.2) is 19.2 Å². The first kappa shape index (κ1) is 19.1. The predicted molar refractivity (Wildman–Crippen MR) is 73.1 cm³/mol. The van der Waals surface area contributed by atoms with Crippen molar-refractivity contribution in [3.8, 4) is 0 Å². The van der Waals surface area contributed by atoms with Crippen LogP contribution in [-0.4, -0.2) is 35.0 Å². The molecule has 0 bridgehead atoms. The van der Waals surface area contributed by atoms with Crippen LogP contribution in [0.4, 0.5) is 0 Å². The summed E-state index contributed by atoms with van der Waals surface area (Å²) in [5.41, 5.74) is -0.0653. The van der Waals surface area contributed by atoms with Crippen LogP contribution in [0.5, 0.6) is 0 Å². The monoisotopic (exact) mass is 312 g/mol. The quantitative estimate of drug-likeness (QED) is 0.422. The summed E-state index contributed by atoms with van der Waals surface area (Å²) < 4.78 is 14.2. The van der Waals surface area contributed by atoms with Gasteiger partial charge in [0.05, 0.1) is 6.92 Å². The van der Waals surface area contributed by atoms with Crippen LogP contribution in [0.3, 0.4) is 0 Å². The molecular formula is C14H16O8. The molecule has 0 saturated heterocycles. The van der Waals surface area contributed by atoms with Crippen LogP contribution in [0.25, 0.3) is 0 Å². The van der Waals surface area contributed by atoms with Gasteiger partial charge in [0.15, 0.2) is 0 Å². The molecule has 0 aromatic heterocycles. The molecule has 0 aliphatic rings. The van der Waals surface area contributed by atoms with E-state index in [1.807, 2.05) is 0 Å². The average molecular weight is 312 g/mol. The minimum absolute atomic E-state index is 0.0327. The van der Waals surface area contributed by atoms with E-state index in [2.05, 4.69) is 17.9 Å². The number of aliphatic carboxylic acids is 1. The summed E-state index contributed by atoms with van der Waals surface area (Å²) in [6, 6.07) is 0. The van der Waals surface area contributed by atoms with Gasteiger partial charge in [-0.15, -0.1) is 0 Å². The minimum Gasteiger partial charge on any atom is -0.478 e. The molecule has 0 fully saturated rings. The Hall–Kier alpha value is -2.90. The van der Waals surface area contributed by atoms with Crippen molar-refractivity contribution in [2.24, 2.45) is 0 Å². The number of carboxylic acid groups (broad SMARTS) is 1. The Morgan fingerprint density at radius 3 is 1.64 bits per heavy atom. The summed E-state index contributed by atoms with van der Waals surface area (Å²) in [5.74, 6) is -6.95. The highest BCUT2D eigenvalue weighted by molar-refractivity contribution is 5.92. The first-order valence-electron chi connectivity index (χ1n) is 5.88. The molecule has 22 heavy (non-hydrogen) atoms. The van der Waals surface area contributed by atoms with E-state index in [0.717, 1.165) is 6.92 Å². The third kappa shape index (κ3) is 7.04. The van der Waals surface area contributed by atoms with Crippen molar-refractivity contribution >= 4 is 23.9 Å². The van der Waals surface area contributed by atoms with Gasteiger partial charge < -0.3 is 19.3 Å². The number of carboxylic acids is 1. The molecule has 0 aromatic carbocycles. The summed E-state index contributed by atoms with van der Waals surface area (Å²) in [4.78, 5) is 44.8. The lowest BCUT2D eigenvalue weighted by molar-refractivity contribution is -0.315. The van der Waals surface area contributed by atoms with Crippen LogP contribution in [0.15, 0.2) is 36.5 Å². The summed E-state index contributed by atoms with van der Waals surface area (Å²) in [5, 5.41) is 8.41. The maximum absolute atomic E-state index is 11.5. The van der Waals surface area contributed by atoms with E-state index < -0.39 is 29.9 Å². The van der Waals surface area contributed by atoms with Crippen LogP contribution in [-0.2, 0) is 33.4 Å². The van der Waals surface area contributed by atoms with Gasteiger partial charge >= 0.3 is 29.9 Å². The number of rotatable bonds is 7. The number of carbonyl (C=O) groups excluding carboxylic acids is 3. The van der Waals surface area contributed by atoms with Gasteiger partial charge in [-0.3, -0.25) is 0 Å². The maximum Gasteiger partial charge on any atom is 0.421 e. The van der Waals surface area contributed by atoms with Crippen molar-refractivity contribution in [3.63, 3.8) is 0 Å². The second kappa shape index (κ2) is 7.77. The standard InChI is InChI=1S/C14H16O8/c1-8(2)12(18)21-14(5,22-13(19)9(3)4)20-11(17)7-6-10(15)16/h6-7H,1,3H2,2,4-5H3,(H,15,16). The summed E-state index contributed by atoms with van der Waals surface area (Å²) in [6.45, 7) is 10.3. The van der Waals surface area contributed by atoms with Crippen molar-refractivity contribution in [3.05, 3.63) is 36.5 Å². The maximum atomic E-state index is 11.5. The number of hydrogen-bond donors (Lipinski definition) is 1. The minimum atomic E-state index is -2.40. The second-order valence-corrected chi connectivity index (χ2v) is 4.29. The normalized spacial score (nSPS) is 10.7. The fourth-order valence-electron chi connectivity index (χ4n) is 0.930. The van der Waals surface area contributed by atoms with Gasteiger partial charge in [-0.05, 0) is 13.8 Å². The third-order valence-corrected chi connectivity index (χ3v) is 1.90. The molecule has 0 aliphatic heterocycles. The molecule has 8 nitrogen and oxygen atoms in total. The Kier molecular flexibility index (Phi) is 6.75. The van der Waals surface area contributed by atoms with Crippen molar-refractivity contribution in [2.45, 2.75) is 26.7 Å². The fraction of sp³-hybridized carbons (Fsp3) is 0.286. The Labute approximate surface area is 126 Å². The second-order valence-electron chi connectivity index (χ2n) is 4.29. The van der Waals surface area contributed by atoms with Crippen molar-refractivity contribution in [2.75, 3.05) is 0 Å². The lowest BCUT2D eigenvalue weighted by Crippen LogP contribution is -2.41. The molecule has 0 saturated carbocycles. The van der Waals surface area contributed by atoms with Crippen LogP contribution < -0.4 is 0 Å². The third-order valence-electron chi connectivity index (χ3n) is 1.90. The Balaban J connectivity index is 5.23. The topological polar surface area (TPSA) is 116 Å². The molecule has 120 valence electrons. The van der Waals surface area contributed by atoms with E-state index >= 15 is 0 Å². The molecule has 0 radical (unpaired) electrons. The highest BCUT2D eigenvalue weighted by Crippen LogP contribution is 2.19. The molecule has 1 N–H and O–H groups in total. The van der Waals surface area contributed by atoms with Gasteiger partial charge in [-0.2, -0.15) is 0 Å². The first-order valence-corrected chi connectivity index (χ1v) is 5.88. The van der Waals surface area contributed by atoms with E-state index in [9.17, 15) is 19.2 Å². The van der Waals surface area contributed by atoms with E-state index in [0.29, 0.717) is 12.2 Å². The predicted octanol–water partition coefficient (Wildman–Crippen LogP) is 1.08. The molecule has 0 spiro atoms. The lowest BCUT2D eigenvalue weighted by atomic mass is 10.3. The highest BCUT2D eigenvalue weighted by atomic mass is 16.9. The molecule has 0 aromatic rings. The zero-order valence-electron chi connectivity index (χ0n) is 12.4. The molecule has 8 heteroatoms. The van der Waals surface area contributed by atoms with Crippen LogP contribution in [0.1, 0.15) is 20.8 Å². The van der Waals surface area contributed by atoms with Crippen LogP contribution in [0.2, 0.25) is 0 Å². The summed E-state index contributed by atoms with van der Waals surface area (Å²) >= 11 is 0. The zero-order chi connectivity index (χ0) is 17.5. The highest BCUT2D eigenvalue weighted by Gasteiger charge is 2.38. The van der Waals surface area contributed by atoms with E-state index in [1.165, 1.54) is 13.8 Å². The molecule has 0 rings (SSSR count). The molecule has 0 unspecified atom stereocenters. The molecule has 0 amide bonds. The van der Waals surface area contributed by atoms with Gasteiger partial charge in [-0.1, -0.05) is 13.2 Å². The van der Waals surface area contributed by atoms with Gasteiger partial charge in [0.2, 0.25) is 0 Å². The number of esters is 3. The molecule has 0 atom stereocenters. The van der Waals surface area contributed by atoms with Gasteiger partial charge in [0, 0.05) is 23.3 Å². The lowest BCUT2D eigenvalue weighted by Gasteiger charge is -2.27. The number of ether oxygens (including phenoxy) is 3. The summed E-state index contributed by atoms with van der Waals surface area (Å²) in [6.07, 6.45) is 1.06. The number of carbonyl (C=O) groups is 4. The number of hydrogen-bond acceptors (Lipinski definition) is 7. The SMILES string of the molecule is C=C(C)C(=O)OC(C)(OC(=O)C=CC(=O)O)OC(=O)C(=C)C. The van der Waals surface area contributed by atoms with Gasteiger partial charge in [0.25, 0.3) is 0 Å². The van der Waals surface area contributed by atoms with Crippen molar-refractivity contribution in [1.29, 1.82) is 0 Å². The Morgan fingerprint density at radius 2 is 1.32 bits per heavy atom. The molecular weight excluding hydrogens is 296 g/mol. The van der Waals surface area contributed by atoms with E-state index in [4.69, 9.17) is 14.6 Å². The van der Waals surface area contributed by atoms with Gasteiger partial charge in [0.1, 0.15) is 0 Å². The van der Waals surface area contributed by atoms with E-state index in [-0.39, 0.29) is 11.1 Å². The Bertz CT molecular complexity index is 527. The van der Waals surface area contributed by atoms with Crippen molar-refractivity contribution < 1.29 is 38.5 Å². The Morgan fingerprint density at radius 1 is 0.909 bits per heavy atom. The smallest absolute Gasteiger partial charge is 0.421 e. The first-order chi connectivity index (χ1) is 9.96. The zero-order valence-corrected chi connectivity index (χ0v) is 12.4. The van der Waals surface area contributed by atoms with E-state index in [1.54, 1.807) is 0 Å². The molecule has 0 heterocycles. The van der Waals surface area contributed by atoms with Crippen LogP contribution >= 0.6 is 0 Å². The fourth-order valence-corrected chi connectivity index (χ4v) is 0.930. The average Bonchev–Trinajstić information content (AvgIpc) is 2.35. The summed E-state index contributed by atoms with van der Waals surface area (Å²) in [7, 11) is 0. The van der Waals surface area contributed by atoms with Crippen LogP contribution in [0, 0.1) is 0 Å². The van der Waals surface area contributed by atoms with Crippen molar-refractivity contribution in [1.82, 2.24) is 0 Å². The molecule has 0 aliphatic carbocycles.